The number of anilines is 1. The van der Waals surface area contributed by atoms with Gasteiger partial charge in [-0.25, -0.2) is 0 Å². The number of ether oxygens (including phenoxy) is 1. The van der Waals surface area contributed by atoms with Gasteiger partial charge in [-0.1, -0.05) is 38.1 Å². The molecule has 0 spiro atoms. The predicted molar refractivity (Wildman–Crippen MR) is 108 cm³/mol. The van der Waals surface area contributed by atoms with Crippen molar-refractivity contribution in [3.8, 4) is 5.75 Å². The first-order valence-corrected chi connectivity index (χ1v) is 9.30. The molecule has 5 heteroatoms. The minimum Gasteiger partial charge on any atom is -0.494 e. The molecule has 0 saturated carbocycles. The molecule has 2 N–H and O–H groups in total. The molecule has 0 bridgehead atoms. The summed E-state index contributed by atoms with van der Waals surface area (Å²) < 4.78 is 5.65. The molecule has 0 aliphatic rings. The van der Waals surface area contributed by atoms with Gasteiger partial charge in [0.15, 0.2) is 0 Å². The molecular weight excluding hydrogens is 340 g/mol. The highest BCUT2D eigenvalue weighted by atomic mass is 16.5. The number of hydrogen-bond donors (Lipinski definition) is 2. The summed E-state index contributed by atoms with van der Waals surface area (Å²) in [5.41, 5.74) is 2.90. The summed E-state index contributed by atoms with van der Waals surface area (Å²) in [6, 6.07) is 15.4. The number of benzene rings is 2. The highest BCUT2D eigenvalue weighted by Gasteiger charge is 2.07. The van der Waals surface area contributed by atoms with Crippen molar-refractivity contribution < 1.29 is 14.3 Å². The summed E-state index contributed by atoms with van der Waals surface area (Å²) in [6.07, 6.45) is 1.09. The second-order valence-electron chi connectivity index (χ2n) is 6.89. The third-order valence-electron chi connectivity index (χ3n) is 4.04. The molecule has 2 amide bonds. The molecular formula is C22H28N2O3. The van der Waals surface area contributed by atoms with Crippen molar-refractivity contribution in [1.29, 1.82) is 0 Å². The van der Waals surface area contributed by atoms with Crippen molar-refractivity contribution in [3.63, 3.8) is 0 Å². The molecule has 27 heavy (non-hydrogen) atoms. The number of rotatable bonds is 9. The molecule has 0 unspecified atom stereocenters. The smallest absolute Gasteiger partial charge is 0.226 e. The van der Waals surface area contributed by atoms with E-state index in [-0.39, 0.29) is 17.7 Å². The lowest BCUT2D eigenvalue weighted by Crippen LogP contribution is -2.23. The zero-order valence-electron chi connectivity index (χ0n) is 16.2. The van der Waals surface area contributed by atoms with Crippen LogP contribution in [0.2, 0.25) is 0 Å². The van der Waals surface area contributed by atoms with Crippen LogP contribution in [0.3, 0.4) is 0 Å². The molecule has 0 heterocycles. The Morgan fingerprint density at radius 1 is 1.07 bits per heavy atom. The quantitative estimate of drug-likeness (QED) is 0.656. The monoisotopic (exact) mass is 368 g/mol. The van der Waals surface area contributed by atoms with Gasteiger partial charge in [0, 0.05) is 24.6 Å². The van der Waals surface area contributed by atoms with E-state index in [1.165, 1.54) is 0 Å². The lowest BCUT2D eigenvalue weighted by molar-refractivity contribution is -0.121. The number of carbonyl (C=O) groups is 2. The van der Waals surface area contributed by atoms with Crippen LogP contribution in [-0.2, 0) is 16.1 Å². The van der Waals surface area contributed by atoms with E-state index in [1.54, 1.807) is 0 Å². The minimum absolute atomic E-state index is 0.0000271. The molecule has 0 aliphatic heterocycles. The Bertz CT molecular complexity index is 754. The Hall–Kier alpha value is -2.82. The summed E-state index contributed by atoms with van der Waals surface area (Å²) in [6.45, 7) is 6.71. The van der Waals surface area contributed by atoms with Gasteiger partial charge in [-0.05, 0) is 48.7 Å². The molecule has 0 radical (unpaired) electrons. The summed E-state index contributed by atoms with van der Waals surface area (Å²) in [5, 5.41) is 5.75. The van der Waals surface area contributed by atoms with Crippen molar-refractivity contribution in [2.24, 2.45) is 5.92 Å². The summed E-state index contributed by atoms with van der Waals surface area (Å²) in [4.78, 5) is 23.6. The Balaban J connectivity index is 1.65. The van der Waals surface area contributed by atoms with Gasteiger partial charge in [-0.15, -0.1) is 0 Å². The van der Waals surface area contributed by atoms with Crippen molar-refractivity contribution in [2.45, 2.75) is 40.2 Å². The van der Waals surface area contributed by atoms with Crippen LogP contribution in [0.5, 0.6) is 5.75 Å². The zero-order chi connectivity index (χ0) is 19.6. The lowest BCUT2D eigenvalue weighted by Gasteiger charge is -2.09. The van der Waals surface area contributed by atoms with E-state index in [4.69, 9.17) is 4.74 Å². The number of aryl methyl sites for hydroxylation is 1. The van der Waals surface area contributed by atoms with E-state index < -0.39 is 0 Å². The third kappa shape index (κ3) is 7.52. The molecule has 2 rings (SSSR count). The first-order chi connectivity index (χ1) is 12.9. The summed E-state index contributed by atoms with van der Waals surface area (Å²) in [5.74, 6) is 0.767. The van der Waals surface area contributed by atoms with E-state index in [2.05, 4.69) is 10.6 Å². The molecule has 2 aromatic rings. The van der Waals surface area contributed by atoms with Crippen molar-refractivity contribution in [2.75, 3.05) is 11.9 Å². The zero-order valence-corrected chi connectivity index (χ0v) is 16.2. The molecule has 2 aromatic carbocycles. The summed E-state index contributed by atoms with van der Waals surface area (Å²) in [7, 11) is 0. The van der Waals surface area contributed by atoms with Crippen LogP contribution in [0.4, 0.5) is 5.69 Å². The van der Waals surface area contributed by atoms with E-state index in [1.807, 2.05) is 69.3 Å². The third-order valence-corrected chi connectivity index (χ3v) is 4.04. The maximum atomic E-state index is 11.9. The van der Waals surface area contributed by atoms with E-state index in [0.717, 1.165) is 22.6 Å². The Kier molecular flexibility index (Phi) is 7.86. The maximum absolute atomic E-state index is 11.9. The SMILES string of the molecule is Cc1cccc(OCCCC(=O)NCc2ccc(NC(=O)C(C)C)cc2)c1. The molecule has 144 valence electrons. The van der Waals surface area contributed by atoms with Crippen molar-refractivity contribution >= 4 is 17.5 Å². The number of carbonyl (C=O) groups excluding carboxylic acids is 2. The molecule has 5 nitrogen and oxygen atoms in total. The van der Waals surface area contributed by atoms with E-state index >= 15 is 0 Å². The lowest BCUT2D eigenvalue weighted by atomic mass is 10.1. The highest BCUT2D eigenvalue weighted by molar-refractivity contribution is 5.92. The molecule has 0 fully saturated rings. The van der Waals surface area contributed by atoms with Crippen LogP contribution < -0.4 is 15.4 Å². The summed E-state index contributed by atoms with van der Waals surface area (Å²) >= 11 is 0. The van der Waals surface area contributed by atoms with Crippen LogP contribution in [-0.4, -0.2) is 18.4 Å². The van der Waals surface area contributed by atoms with Crippen LogP contribution >= 0.6 is 0 Å². The van der Waals surface area contributed by atoms with Gasteiger partial charge < -0.3 is 15.4 Å². The molecule has 0 aromatic heterocycles. The molecule has 0 aliphatic carbocycles. The van der Waals surface area contributed by atoms with Crippen molar-refractivity contribution in [3.05, 3.63) is 59.7 Å². The average Bonchev–Trinajstić information content (AvgIpc) is 2.64. The van der Waals surface area contributed by atoms with Crippen LogP contribution in [0.15, 0.2) is 48.5 Å². The first-order valence-electron chi connectivity index (χ1n) is 9.30. The molecule has 0 atom stereocenters. The van der Waals surface area contributed by atoms with Gasteiger partial charge in [0.1, 0.15) is 5.75 Å². The Morgan fingerprint density at radius 3 is 2.48 bits per heavy atom. The normalized spacial score (nSPS) is 10.5. The van der Waals surface area contributed by atoms with Gasteiger partial charge >= 0.3 is 0 Å². The van der Waals surface area contributed by atoms with Gasteiger partial charge in [-0.3, -0.25) is 9.59 Å². The fourth-order valence-corrected chi connectivity index (χ4v) is 2.41. The number of amides is 2. The van der Waals surface area contributed by atoms with E-state index in [0.29, 0.717) is 26.0 Å². The fourth-order valence-electron chi connectivity index (χ4n) is 2.41. The van der Waals surface area contributed by atoms with Crippen LogP contribution in [0.25, 0.3) is 0 Å². The number of hydrogen-bond acceptors (Lipinski definition) is 3. The van der Waals surface area contributed by atoms with Gasteiger partial charge in [0.05, 0.1) is 6.61 Å². The van der Waals surface area contributed by atoms with Crippen LogP contribution in [0, 0.1) is 12.8 Å². The average molecular weight is 368 g/mol. The minimum atomic E-state index is -0.0566. The maximum Gasteiger partial charge on any atom is 0.226 e. The van der Waals surface area contributed by atoms with E-state index in [9.17, 15) is 9.59 Å². The highest BCUT2D eigenvalue weighted by Crippen LogP contribution is 2.13. The largest absolute Gasteiger partial charge is 0.494 e. The second kappa shape index (κ2) is 10.4. The first kappa shape index (κ1) is 20.5. The standard InChI is InChI=1S/C22H28N2O3/c1-16(2)22(26)24-19-11-9-18(10-12-19)15-23-21(25)8-5-13-27-20-7-4-6-17(3)14-20/h4,6-7,9-12,14,16H,5,8,13,15H2,1-3H3,(H,23,25)(H,24,26). The van der Waals surface area contributed by atoms with Gasteiger partial charge in [-0.2, -0.15) is 0 Å². The Morgan fingerprint density at radius 2 is 1.81 bits per heavy atom. The van der Waals surface area contributed by atoms with Crippen molar-refractivity contribution in [1.82, 2.24) is 5.32 Å². The van der Waals surface area contributed by atoms with Crippen LogP contribution in [0.1, 0.15) is 37.8 Å². The second-order valence-corrected chi connectivity index (χ2v) is 6.89. The Labute approximate surface area is 161 Å². The van der Waals surface area contributed by atoms with Gasteiger partial charge in [0.25, 0.3) is 0 Å². The van der Waals surface area contributed by atoms with Gasteiger partial charge in [0.2, 0.25) is 11.8 Å². The predicted octanol–water partition coefficient (Wildman–Crippen LogP) is 4.06. The number of nitrogens with one attached hydrogen (secondary N) is 2. The fraction of sp³-hybridized carbons (Fsp3) is 0.364. The topological polar surface area (TPSA) is 67.4 Å². The molecule has 0 saturated heterocycles.